The Bertz CT molecular complexity index is 314. The molecule has 0 aromatic heterocycles. The number of ether oxygens (including phenoxy) is 1. The zero-order valence-electron chi connectivity index (χ0n) is 7.34. The Morgan fingerprint density at radius 3 is 2.21 bits per heavy atom. The molecule has 4 heteroatoms. The van der Waals surface area contributed by atoms with Crippen molar-refractivity contribution in [2.75, 3.05) is 6.61 Å². The minimum atomic E-state index is -4.17. The molecule has 2 rings (SSSR count). The van der Waals surface area contributed by atoms with Crippen LogP contribution in [0.1, 0.15) is 12.0 Å². The summed E-state index contributed by atoms with van der Waals surface area (Å²) in [6.45, 7) is 0.163. The van der Waals surface area contributed by atoms with Crippen molar-refractivity contribution in [3.05, 3.63) is 35.9 Å². The highest BCUT2D eigenvalue weighted by Gasteiger charge is 2.53. The highest BCUT2D eigenvalue weighted by molar-refractivity contribution is 5.26. The van der Waals surface area contributed by atoms with Crippen LogP contribution < -0.4 is 0 Å². The number of hydrogen-bond donors (Lipinski definition) is 0. The maximum Gasteiger partial charge on any atom is 0.392 e. The highest BCUT2D eigenvalue weighted by atomic mass is 19.4. The maximum atomic E-state index is 12.2. The lowest BCUT2D eigenvalue weighted by molar-refractivity contribution is -0.147. The van der Waals surface area contributed by atoms with Crippen LogP contribution in [-0.2, 0) is 10.3 Å². The molecule has 1 unspecified atom stereocenters. The Morgan fingerprint density at radius 1 is 1.21 bits per heavy atom. The lowest BCUT2D eigenvalue weighted by atomic mass is 9.96. The standard InChI is InChI=1S/C10H9F3O/c11-10(12,13)6-9(7-14-9)8-4-2-1-3-5-8/h1-5H,6-7H2. The van der Waals surface area contributed by atoms with Gasteiger partial charge in [-0.1, -0.05) is 30.3 Å². The normalized spacial score (nSPS) is 26.2. The molecule has 0 bridgehead atoms. The average Bonchev–Trinajstić information content (AvgIpc) is 2.85. The number of alkyl halides is 3. The van der Waals surface area contributed by atoms with Gasteiger partial charge >= 0.3 is 6.18 Å². The van der Waals surface area contributed by atoms with E-state index >= 15 is 0 Å². The topological polar surface area (TPSA) is 12.5 Å². The summed E-state index contributed by atoms with van der Waals surface area (Å²) in [5.74, 6) is 0. The summed E-state index contributed by atoms with van der Waals surface area (Å²) in [7, 11) is 0. The molecule has 76 valence electrons. The summed E-state index contributed by atoms with van der Waals surface area (Å²) in [5.41, 5.74) is -0.489. The van der Waals surface area contributed by atoms with Gasteiger partial charge in [0.25, 0.3) is 0 Å². The molecule has 0 saturated carbocycles. The van der Waals surface area contributed by atoms with E-state index in [0.717, 1.165) is 0 Å². The van der Waals surface area contributed by atoms with E-state index in [2.05, 4.69) is 0 Å². The molecular formula is C10H9F3O. The van der Waals surface area contributed by atoms with E-state index < -0.39 is 18.2 Å². The summed E-state index contributed by atoms with van der Waals surface area (Å²) < 4.78 is 41.5. The second-order valence-electron chi connectivity index (χ2n) is 3.44. The first kappa shape index (κ1) is 9.52. The molecule has 0 aliphatic carbocycles. The molecule has 14 heavy (non-hydrogen) atoms. The van der Waals surface area contributed by atoms with Gasteiger partial charge in [0.2, 0.25) is 0 Å². The first-order valence-corrected chi connectivity index (χ1v) is 4.28. The van der Waals surface area contributed by atoms with Crippen LogP contribution in [0.15, 0.2) is 30.3 Å². The van der Waals surface area contributed by atoms with Crippen LogP contribution >= 0.6 is 0 Å². The molecule has 1 fully saturated rings. The van der Waals surface area contributed by atoms with Crippen molar-refractivity contribution < 1.29 is 17.9 Å². The lowest BCUT2D eigenvalue weighted by Crippen LogP contribution is -2.20. The summed E-state index contributed by atoms with van der Waals surface area (Å²) in [4.78, 5) is 0. The van der Waals surface area contributed by atoms with Crippen molar-refractivity contribution in [3.63, 3.8) is 0 Å². The third-order valence-corrected chi connectivity index (χ3v) is 2.28. The van der Waals surface area contributed by atoms with Crippen LogP contribution in [-0.4, -0.2) is 12.8 Å². The van der Waals surface area contributed by atoms with Crippen LogP contribution in [0.4, 0.5) is 13.2 Å². The van der Waals surface area contributed by atoms with Gasteiger partial charge in [-0.05, 0) is 5.56 Å². The van der Waals surface area contributed by atoms with Gasteiger partial charge in [-0.2, -0.15) is 13.2 Å². The van der Waals surface area contributed by atoms with Crippen LogP contribution in [0.3, 0.4) is 0 Å². The first-order valence-electron chi connectivity index (χ1n) is 4.28. The molecular weight excluding hydrogens is 193 g/mol. The molecule has 1 nitrogen and oxygen atoms in total. The van der Waals surface area contributed by atoms with Crippen LogP contribution in [0.5, 0.6) is 0 Å². The maximum absolute atomic E-state index is 12.2. The second kappa shape index (κ2) is 2.98. The fourth-order valence-corrected chi connectivity index (χ4v) is 1.52. The molecule has 1 aromatic carbocycles. The fourth-order valence-electron chi connectivity index (χ4n) is 1.52. The van der Waals surface area contributed by atoms with E-state index in [1.165, 1.54) is 0 Å². The number of halogens is 3. The Balaban J connectivity index is 2.18. The Labute approximate surface area is 79.5 Å². The Kier molecular flexibility index (Phi) is 2.03. The minimum absolute atomic E-state index is 0.163. The first-order chi connectivity index (χ1) is 6.52. The third kappa shape index (κ3) is 1.90. The predicted molar refractivity (Wildman–Crippen MR) is 44.7 cm³/mol. The van der Waals surface area contributed by atoms with E-state index in [9.17, 15) is 13.2 Å². The molecule has 1 heterocycles. The third-order valence-electron chi connectivity index (χ3n) is 2.28. The summed E-state index contributed by atoms with van der Waals surface area (Å²) >= 11 is 0. The highest BCUT2D eigenvalue weighted by Crippen LogP contribution is 2.46. The van der Waals surface area contributed by atoms with Gasteiger partial charge in [0.1, 0.15) is 5.60 Å². The molecule has 1 aliphatic heterocycles. The molecule has 1 saturated heterocycles. The van der Waals surface area contributed by atoms with Crippen molar-refractivity contribution >= 4 is 0 Å². The lowest BCUT2D eigenvalue weighted by Gasteiger charge is -2.14. The smallest absolute Gasteiger partial charge is 0.364 e. The fraction of sp³-hybridized carbons (Fsp3) is 0.400. The van der Waals surface area contributed by atoms with Crippen molar-refractivity contribution in [1.82, 2.24) is 0 Å². The minimum Gasteiger partial charge on any atom is -0.364 e. The van der Waals surface area contributed by atoms with E-state index in [-0.39, 0.29) is 6.61 Å². The predicted octanol–water partition coefficient (Wildman–Crippen LogP) is 2.86. The molecule has 0 radical (unpaired) electrons. The summed E-state index contributed by atoms with van der Waals surface area (Å²) in [6.07, 6.45) is -5.07. The zero-order chi connectivity index (χ0) is 10.2. The monoisotopic (exact) mass is 202 g/mol. The number of epoxide rings is 1. The molecule has 0 amide bonds. The number of benzene rings is 1. The van der Waals surface area contributed by atoms with Crippen molar-refractivity contribution in [2.45, 2.75) is 18.2 Å². The van der Waals surface area contributed by atoms with Crippen molar-refractivity contribution in [2.24, 2.45) is 0 Å². The Hall–Kier alpha value is -1.03. The zero-order valence-corrected chi connectivity index (χ0v) is 7.34. The largest absolute Gasteiger partial charge is 0.392 e. The van der Waals surface area contributed by atoms with E-state index in [0.29, 0.717) is 5.56 Å². The van der Waals surface area contributed by atoms with E-state index in [1.54, 1.807) is 30.3 Å². The number of rotatable bonds is 2. The average molecular weight is 202 g/mol. The molecule has 0 N–H and O–H groups in total. The summed E-state index contributed by atoms with van der Waals surface area (Å²) in [5, 5.41) is 0. The van der Waals surface area contributed by atoms with Gasteiger partial charge in [-0.25, -0.2) is 0 Å². The molecule has 1 atom stereocenters. The van der Waals surface area contributed by atoms with Gasteiger partial charge in [-0.15, -0.1) is 0 Å². The molecule has 0 spiro atoms. The molecule has 1 aliphatic rings. The van der Waals surface area contributed by atoms with E-state index in [1.807, 2.05) is 0 Å². The van der Waals surface area contributed by atoms with Gasteiger partial charge < -0.3 is 4.74 Å². The van der Waals surface area contributed by atoms with Crippen molar-refractivity contribution in [3.8, 4) is 0 Å². The van der Waals surface area contributed by atoms with Gasteiger partial charge in [-0.3, -0.25) is 0 Å². The van der Waals surface area contributed by atoms with Crippen LogP contribution in [0, 0.1) is 0 Å². The molecule has 1 aromatic rings. The van der Waals surface area contributed by atoms with Gasteiger partial charge in [0, 0.05) is 0 Å². The quantitative estimate of drug-likeness (QED) is 0.672. The van der Waals surface area contributed by atoms with Gasteiger partial charge in [0.05, 0.1) is 13.0 Å². The second-order valence-corrected chi connectivity index (χ2v) is 3.44. The van der Waals surface area contributed by atoms with Crippen LogP contribution in [0.2, 0.25) is 0 Å². The number of hydrogen-bond acceptors (Lipinski definition) is 1. The Morgan fingerprint density at radius 2 is 1.79 bits per heavy atom. The summed E-state index contributed by atoms with van der Waals surface area (Å²) in [6, 6.07) is 8.54. The van der Waals surface area contributed by atoms with Gasteiger partial charge in [0.15, 0.2) is 0 Å². The SMILES string of the molecule is FC(F)(F)CC1(c2ccccc2)CO1. The van der Waals surface area contributed by atoms with Crippen molar-refractivity contribution in [1.29, 1.82) is 0 Å². The van der Waals surface area contributed by atoms with E-state index in [4.69, 9.17) is 4.74 Å². The van der Waals surface area contributed by atoms with Crippen LogP contribution in [0.25, 0.3) is 0 Å².